The molecule has 1 unspecified atom stereocenters. The zero-order valence-electron chi connectivity index (χ0n) is 12.2. The summed E-state index contributed by atoms with van der Waals surface area (Å²) in [4.78, 5) is 28.1. The fraction of sp³-hybridized carbons (Fsp3) is 0.867. The highest BCUT2D eigenvalue weighted by Crippen LogP contribution is 2.53. The van der Waals surface area contributed by atoms with Gasteiger partial charge in [0.1, 0.15) is 0 Å². The molecule has 1 aliphatic carbocycles. The van der Waals surface area contributed by atoms with Crippen LogP contribution in [0.25, 0.3) is 0 Å². The molecule has 3 rings (SSSR count). The normalized spacial score (nSPS) is 31.9. The predicted molar refractivity (Wildman–Crippen MR) is 72.4 cm³/mol. The number of amides is 2. The van der Waals surface area contributed by atoms with Crippen LogP contribution in [0.1, 0.15) is 46.0 Å². The predicted octanol–water partition coefficient (Wildman–Crippen LogP) is 1.65. The van der Waals surface area contributed by atoms with Crippen molar-refractivity contribution < 1.29 is 9.59 Å². The molecule has 0 aromatic rings. The second kappa shape index (κ2) is 3.97. The van der Waals surface area contributed by atoms with Crippen LogP contribution in [0, 0.1) is 11.3 Å². The second-order valence-corrected chi connectivity index (χ2v) is 7.25. The fourth-order valence-corrected chi connectivity index (χ4v) is 3.78. The minimum atomic E-state index is 0.0485. The standard InChI is InChI=1S/C15H24N2O2/c1-14(2)10-11(14)13(19)17-8-6-15(7-9-17)5-4-12(18)16(15)3/h11H,4-10H2,1-3H3. The van der Waals surface area contributed by atoms with Gasteiger partial charge in [0.15, 0.2) is 0 Å². The van der Waals surface area contributed by atoms with E-state index in [2.05, 4.69) is 13.8 Å². The third-order valence-corrected chi connectivity index (χ3v) is 5.71. The monoisotopic (exact) mass is 264 g/mol. The summed E-state index contributed by atoms with van der Waals surface area (Å²) in [5, 5.41) is 0. The van der Waals surface area contributed by atoms with Crippen molar-refractivity contribution in [3.05, 3.63) is 0 Å². The van der Waals surface area contributed by atoms with Crippen LogP contribution in [0.3, 0.4) is 0 Å². The van der Waals surface area contributed by atoms with E-state index in [0.717, 1.165) is 38.8 Å². The molecule has 3 fully saturated rings. The molecule has 1 spiro atoms. The molecule has 2 aliphatic heterocycles. The molecular formula is C15H24N2O2. The van der Waals surface area contributed by atoms with E-state index in [1.165, 1.54) is 0 Å². The smallest absolute Gasteiger partial charge is 0.226 e. The molecule has 0 bridgehead atoms. The first-order valence-corrected chi connectivity index (χ1v) is 7.41. The molecule has 0 aromatic heterocycles. The molecule has 3 aliphatic rings. The lowest BCUT2D eigenvalue weighted by Crippen LogP contribution is -2.53. The number of hydrogen-bond donors (Lipinski definition) is 0. The van der Waals surface area contributed by atoms with Gasteiger partial charge in [-0.05, 0) is 31.1 Å². The Kier molecular flexibility index (Phi) is 2.70. The summed E-state index contributed by atoms with van der Waals surface area (Å²) < 4.78 is 0. The molecule has 19 heavy (non-hydrogen) atoms. The summed E-state index contributed by atoms with van der Waals surface area (Å²) in [7, 11) is 1.93. The maximum atomic E-state index is 12.4. The van der Waals surface area contributed by atoms with Gasteiger partial charge in [-0.1, -0.05) is 13.8 Å². The van der Waals surface area contributed by atoms with E-state index < -0.39 is 0 Å². The molecule has 2 heterocycles. The maximum Gasteiger partial charge on any atom is 0.226 e. The largest absolute Gasteiger partial charge is 0.342 e. The first kappa shape index (κ1) is 12.9. The molecule has 1 atom stereocenters. The molecule has 1 saturated carbocycles. The number of likely N-dealkylation sites (tertiary alicyclic amines) is 2. The minimum absolute atomic E-state index is 0.0485. The average molecular weight is 264 g/mol. The van der Waals surface area contributed by atoms with Crippen LogP contribution in [0.15, 0.2) is 0 Å². The van der Waals surface area contributed by atoms with Crippen LogP contribution in [-0.2, 0) is 9.59 Å². The molecule has 2 saturated heterocycles. The molecule has 2 amide bonds. The van der Waals surface area contributed by atoms with Gasteiger partial charge in [-0.25, -0.2) is 0 Å². The lowest BCUT2D eigenvalue weighted by atomic mass is 9.85. The topological polar surface area (TPSA) is 40.6 Å². The fourth-order valence-electron chi connectivity index (χ4n) is 3.78. The van der Waals surface area contributed by atoms with Crippen molar-refractivity contribution in [2.24, 2.45) is 11.3 Å². The molecule has 0 aromatic carbocycles. The van der Waals surface area contributed by atoms with Gasteiger partial charge >= 0.3 is 0 Å². The Morgan fingerprint density at radius 2 is 1.79 bits per heavy atom. The zero-order chi connectivity index (χ0) is 13.8. The summed E-state index contributed by atoms with van der Waals surface area (Å²) in [6.07, 6.45) is 4.59. The summed E-state index contributed by atoms with van der Waals surface area (Å²) in [6, 6.07) is 0. The van der Waals surface area contributed by atoms with Gasteiger partial charge in [-0.3, -0.25) is 9.59 Å². The summed E-state index contributed by atoms with van der Waals surface area (Å²) >= 11 is 0. The van der Waals surface area contributed by atoms with Crippen LogP contribution in [0.5, 0.6) is 0 Å². The lowest BCUT2D eigenvalue weighted by molar-refractivity contribution is -0.137. The average Bonchev–Trinajstić information content (AvgIpc) is 2.95. The van der Waals surface area contributed by atoms with Crippen molar-refractivity contribution in [1.82, 2.24) is 9.80 Å². The SMILES string of the molecule is CN1C(=O)CCC12CCN(C(=O)C1CC1(C)C)CC2. The number of hydrogen-bond acceptors (Lipinski definition) is 2. The van der Waals surface area contributed by atoms with E-state index in [4.69, 9.17) is 0 Å². The van der Waals surface area contributed by atoms with E-state index in [9.17, 15) is 9.59 Å². The zero-order valence-corrected chi connectivity index (χ0v) is 12.2. The van der Waals surface area contributed by atoms with Gasteiger partial charge < -0.3 is 9.80 Å². The van der Waals surface area contributed by atoms with Crippen LogP contribution >= 0.6 is 0 Å². The number of carbonyl (C=O) groups excluding carboxylic acids is 2. The van der Waals surface area contributed by atoms with Crippen LogP contribution in [-0.4, -0.2) is 47.3 Å². The maximum absolute atomic E-state index is 12.4. The van der Waals surface area contributed by atoms with Crippen molar-refractivity contribution in [3.8, 4) is 0 Å². The van der Waals surface area contributed by atoms with Crippen molar-refractivity contribution in [3.63, 3.8) is 0 Å². The van der Waals surface area contributed by atoms with E-state index in [1.807, 2.05) is 16.8 Å². The number of rotatable bonds is 1. The second-order valence-electron chi connectivity index (χ2n) is 7.25. The van der Waals surface area contributed by atoms with Gasteiger partial charge in [0, 0.05) is 38.0 Å². The Bertz CT molecular complexity index is 422. The van der Waals surface area contributed by atoms with Gasteiger partial charge in [0.25, 0.3) is 0 Å². The summed E-state index contributed by atoms with van der Waals surface area (Å²) in [6.45, 7) is 5.99. The van der Waals surface area contributed by atoms with E-state index in [0.29, 0.717) is 12.3 Å². The molecule has 0 N–H and O–H groups in total. The van der Waals surface area contributed by atoms with Crippen LogP contribution < -0.4 is 0 Å². The van der Waals surface area contributed by atoms with Gasteiger partial charge in [0.05, 0.1) is 0 Å². The molecule has 0 radical (unpaired) electrons. The Labute approximate surface area is 115 Å². The summed E-state index contributed by atoms with van der Waals surface area (Å²) in [5.74, 6) is 0.847. The van der Waals surface area contributed by atoms with E-state index >= 15 is 0 Å². The van der Waals surface area contributed by atoms with Crippen LogP contribution in [0.2, 0.25) is 0 Å². The third kappa shape index (κ3) is 1.96. The van der Waals surface area contributed by atoms with E-state index in [-0.39, 0.29) is 22.8 Å². The Morgan fingerprint density at radius 1 is 1.21 bits per heavy atom. The Balaban J connectivity index is 1.61. The lowest BCUT2D eigenvalue weighted by Gasteiger charge is -2.43. The minimum Gasteiger partial charge on any atom is -0.342 e. The summed E-state index contributed by atoms with van der Waals surface area (Å²) in [5.41, 5.74) is 0.263. The van der Waals surface area contributed by atoms with Crippen molar-refractivity contribution in [2.75, 3.05) is 20.1 Å². The molecular weight excluding hydrogens is 240 g/mol. The van der Waals surface area contributed by atoms with Gasteiger partial charge in [-0.15, -0.1) is 0 Å². The van der Waals surface area contributed by atoms with Crippen molar-refractivity contribution in [1.29, 1.82) is 0 Å². The third-order valence-electron chi connectivity index (χ3n) is 5.71. The van der Waals surface area contributed by atoms with Gasteiger partial charge in [0.2, 0.25) is 11.8 Å². The number of nitrogens with zero attached hydrogens (tertiary/aromatic N) is 2. The van der Waals surface area contributed by atoms with E-state index in [1.54, 1.807) is 0 Å². The highest BCUT2D eigenvalue weighted by atomic mass is 16.2. The molecule has 106 valence electrons. The molecule has 4 heteroatoms. The van der Waals surface area contributed by atoms with Gasteiger partial charge in [-0.2, -0.15) is 0 Å². The highest BCUT2D eigenvalue weighted by molar-refractivity contribution is 5.83. The van der Waals surface area contributed by atoms with Crippen molar-refractivity contribution >= 4 is 11.8 Å². The quantitative estimate of drug-likeness (QED) is 0.722. The van der Waals surface area contributed by atoms with Crippen molar-refractivity contribution in [2.45, 2.75) is 51.5 Å². The molecule has 4 nitrogen and oxygen atoms in total. The van der Waals surface area contributed by atoms with Crippen LogP contribution in [0.4, 0.5) is 0 Å². The number of carbonyl (C=O) groups is 2. The Hall–Kier alpha value is -1.06. The number of piperidine rings is 1. The first-order chi connectivity index (χ1) is 8.86. The first-order valence-electron chi connectivity index (χ1n) is 7.41. The Morgan fingerprint density at radius 3 is 2.21 bits per heavy atom. The highest BCUT2D eigenvalue weighted by Gasteiger charge is 2.53.